The van der Waals surface area contributed by atoms with Gasteiger partial charge in [0.1, 0.15) is 23.4 Å². The number of anilines is 1. The topological polar surface area (TPSA) is 81.0 Å². The molecule has 0 radical (unpaired) electrons. The number of amides is 1. The molecule has 1 saturated heterocycles. The molecule has 3 aromatic rings. The van der Waals surface area contributed by atoms with Gasteiger partial charge in [0.15, 0.2) is 0 Å². The van der Waals surface area contributed by atoms with E-state index >= 15 is 4.39 Å². The summed E-state index contributed by atoms with van der Waals surface area (Å²) >= 11 is 0. The number of nitrogens with zero attached hydrogens (tertiary/aromatic N) is 4. The molecule has 1 fully saturated rings. The maximum Gasteiger partial charge on any atom is 0.408 e. The van der Waals surface area contributed by atoms with Crippen LogP contribution in [-0.4, -0.2) is 52.6 Å². The largest absolute Gasteiger partial charge is 0.444 e. The molecule has 2 aromatic heterocycles. The minimum atomic E-state index is -0.608. The van der Waals surface area contributed by atoms with Crippen molar-refractivity contribution in [3.8, 4) is 11.3 Å². The number of aromatic nitrogens is 3. The van der Waals surface area contributed by atoms with Gasteiger partial charge in [-0.2, -0.15) is 5.10 Å². The minimum Gasteiger partial charge on any atom is -0.444 e. The van der Waals surface area contributed by atoms with Crippen LogP contribution >= 0.6 is 0 Å². The number of carbonyl (C=O) groups excluding carboxylic acids is 1. The van der Waals surface area contributed by atoms with Gasteiger partial charge in [-0.05, 0) is 57.9 Å². The summed E-state index contributed by atoms with van der Waals surface area (Å²) in [6, 6.07) is 5.08. The summed E-state index contributed by atoms with van der Waals surface area (Å²) in [5, 5.41) is 7.08. The Morgan fingerprint density at radius 1 is 1.27 bits per heavy atom. The van der Waals surface area contributed by atoms with Crippen LogP contribution in [-0.2, 0) is 9.47 Å². The lowest BCUT2D eigenvalue weighted by Crippen LogP contribution is -2.35. The number of halogens is 1. The van der Waals surface area contributed by atoms with Gasteiger partial charge in [0, 0.05) is 18.7 Å². The van der Waals surface area contributed by atoms with Crippen molar-refractivity contribution in [3.63, 3.8) is 0 Å². The Hall–Kier alpha value is -3.20. The third-order valence-corrected chi connectivity index (χ3v) is 5.65. The zero-order valence-electron chi connectivity index (χ0n) is 19.7. The van der Waals surface area contributed by atoms with Crippen molar-refractivity contribution in [2.45, 2.75) is 46.3 Å². The van der Waals surface area contributed by atoms with E-state index in [9.17, 15) is 4.79 Å². The van der Waals surface area contributed by atoms with E-state index < -0.39 is 17.7 Å². The fraction of sp³-hybridized carbons (Fsp3) is 0.458. The van der Waals surface area contributed by atoms with Crippen molar-refractivity contribution < 1.29 is 18.7 Å². The van der Waals surface area contributed by atoms with E-state index in [1.807, 2.05) is 18.3 Å². The molecule has 4 rings (SSSR count). The van der Waals surface area contributed by atoms with Crippen LogP contribution in [0.1, 0.15) is 44.9 Å². The quantitative estimate of drug-likeness (QED) is 0.633. The summed E-state index contributed by atoms with van der Waals surface area (Å²) in [5.41, 5.74) is 3.16. The Labute approximate surface area is 192 Å². The number of nitrogens with one attached hydrogen (secondary N) is 1. The predicted molar refractivity (Wildman–Crippen MR) is 124 cm³/mol. The van der Waals surface area contributed by atoms with E-state index in [4.69, 9.17) is 9.47 Å². The number of morpholine rings is 1. The molecule has 1 N–H and O–H groups in total. The molecule has 33 heavy (non-hydrogen) atoms. The lowest BCUT2D eigenvalue weighted by atomic mass is 9.97. The molecule has 8 nitrogen and oxygen atoms in total. The first-order valence-electron chi connectivity index (χ1n) is 11.1. The first-order valence-corrected chi connectivity index (χ1v) is 11.1. The number of hydrogen-bond acceptors (Lipinski definition) is 6. The lowest BCUT2D eigenvalue weighted by molar-refractivity contribution is 0.0507. The molecular formula is C24H30FN5O3. The van der Waals surface area contributed by atoms with Gasteiger partial charge in [-0.1, -0.05) is 6.07 Å². The molecular weight excluding hydrogens is 425 g/mol. The zero-order chi connectivity index (χ0) is 23.8. The fourth-order valence-corrected chi connectivity index (χ4v) is 4.03. The van der Waals surface area contributed by atoms with Gasteiger partial charge < -0.3 is 19.7 Å². The second kappa shape index (κ2) is 8.97. The highest BCUT2D eigenvalue weighted by Crippen LogP contribution is 2.32. The van der Waals surface area contributed by atoms with Crippen molar-refractivity contribution in [1.82, 2.24) is 19.9 Å². The van der Waals surface area contributed by atoms with Gasteiger partial charge in [0.25, 0.3) is 0 Å². The van der Waals surface area contributed by atoms with Gasteiger partial charge >= 0.3 is 6.09 Å². The number of rotatable bonds is 4. The first-order chi connectivity index (χ1) is 15.6. The van der Waals surface area contributed by atoms with E-state index in [2.05, 4.69) is 20.3 Å². The number of alkyl carbamates (subject to hydrolysis) is 1. The highest BCUT2D eigenvalue weighted by atomic mass is 19.1. The van der Waals surface area contributed by atoms with Crippen LogP contribution in [0.4, 0.5) is 14.9 Å². The van der Waals surface area contributed by atoms with Crippen molar-refractivity contribution in [2.24, 2.45) is 0 Å². The Bertz CT molecular complexity index is 1160. The highest BCUT2D eigenvalue weighted by Gasteiger charge is 2.22. The van der Waals surface area contributed by atoms with Gasteiger partial charge in [-0.25, -0.2) is 18.7 Å². The Morgan fingerprint density at radius 3 is 2.70 bits per heavy atom. The smallest absolute Gasteiger partial charge is 0.408 e. The summed E-state index contributed by atoms with van der Waals surface area (Å²) in [4.78, 5) is 18.8. The van der Waals surface area contributed by atoms with Gasteiger partial charge in [-0.3, -0.25) is 0 Å². The molecule has 0 bridgehead atoms. The van der Waals surface area contributed by atoms with Crippen LogP contribution in [0.25, 0.3) is 16.8 Å². The minimum absolute atomic E-state index is 0.375. The van der Waals surface area contributed by atoms with Crippen LogP contribution in [0.3, 0.4) is 0 Å². The molecule has 1 atom stereocenters. The Kier molecular flexibility index (Phi) is 6.25. The molecule has 0 saturated carbocycles. The predicted octanol–water partition coefficient (Wildman–Crippen LogP) is 4.27. The fourth-order valence-electron chi connectivity index (χ4n) is 4.03. The molecule has 0 spiro atoms. The molecule has 9 heteroatoms. The molecule has 1 amide bonds. The first kappa shape index (κ1) is 23.0. The molecule has 1 aromatic carbocycles. The molecule has 0 aliphatic carbocycles. The lowest BCUT2D eigenvalue weighted by Gasteiger charge is -2.27. The Balaban J connectivity index is 1.64. The summed E-state index contributed by atoms with van der Waals surface area (Å²) < 4.78 is 28.0. The van der Waals surface area contributed by atoms with Crippen molar-refractivity contribution >= 4 is 17.3 Å². The standard InChI is InChI=1S/C24H30FN5O3/c1-15-18(16(2)28-23(31)33-24(3,4)5)6-7-19(21(15)25)22-20-12-17(13-30(20)27-14-26-22)29-8-10-32-11-9-29/h6-7,12-14,16H,8-11H2,1-5H3,(H,28,31)/t16-/m1/s1. The third kappa shape index (κ3) is 4.93. The van der Waals surface area contributed by atoms with Crippen molar-refractivity contribution in [2.75, 3.05) is 31.2 Å². The van der Waals surface area contributed by atoms with E-state index in [0.717, 1.165) is 24.3 Å². The van der Waals surface area contributed by atoms with Crippen LogP contribution in [0.5, 0.6) is 0 Å². The molecule has 176 valence electrons. The van der Waals surface area contributed by atoms with Crippen LogP contribution in [0.15, 0.2) is 30.7 Å². The summed E-state index contributed by atoms with van der Waals surface area (Å²) in [5.74, 6) is -0.375. The average molecular weight is 456 g/mol. The average Bonchev–Trinajstić information content (AvgIpc) is 3.19. The third-order valence-electron chi connectivity index (χ3n) is 5.65. The summed E-state index contributed by atoms with van der Waals surface area (Å²) in [7, 11) is 0. The van der Waals surface area contributed by atoms with E-state index in [-0.39, 0.29) is 5.82 Å². The van der Waals surface area contributed by atoms with Crippen LogP contribution < -0.4 is 10.2 Å². The van der Waals surface area contributed by atoms with Crippen LogP contribution in [0, 0.1) is 12.7 Å². The SMILES string of the molecule is Cc1c([C@@H](C)NC(=O)OC(C)(C)C)ccc(-c2ncnn3cc(N4CCOCC4)cc23)c1F. The second-order valence-electron chi connectivity index (χ2n) is 9.25. The monoisotopic (exact) mass is 455 g/mol. The second-order valence-corrected chi connectivity index (χ2v) is 9.25. The summed E-state index contributed by atoms with van der Waals surface area (Å²) in [6.07, 6.45) is 2.82. The zero-order valence-corrected chi connectivity index (χ0v) is 19.7. The van der Waals surface area contributed by atoms with Crippen molar-refractivity contribution in [3.05, 3.63) is 47.7 Å². The van der Waals surface area contributed by atoms with E-state index in [1.165, 1.54) is 6.33 Å². The van der Waals surface area contributed by atoms with Crippen LogP contribution in [0.2, 0.25) is 0 Å². The van der Waals surface area contributed by atoms with E-state index in [0.29, 0.717) is 35.6 Å². The maximum atomic E-state index is 15.6. The number of carbonyl (C=O) groups is 1. The van der Waals surface area contributed by atoms with Gasteiger partial charge in [0.2, 0.25) is 0 Å². The number of benzene rings is 1. The molecule has 1 aliphatic rings. The number of fused-ring (bicyclic) bond motifs is 1. The van der Waals surface area contributed by atoms with Gasteiger partial charge in [0.05, 0.1) is 36.7 Å². The maximum absolute atomic E-state index is 15.6. The molecule has 3 heterocycles. The molecule has 0 unspecified atom stereocenters. The van der Waals surface area contributed by atoms with Crippen molar-refractivity contribution in [1.29, 1.82) is 0 Å². The van der Waals surface area contributed by atoms with Gasteiger partial charge in [-0.15, -0.1) is 0 Å². The number of hydrogen-bond donors (Lipinski definition) is 1. The summed E-state index contributed by atoms with van der Waals surface area (Å²) in [6.45, 7) is 11.8. The number of ether oxygens (including phenoxy) is 2. The highest BCUT2D eigenvalue weighted by molar-refractivity contribution is 5.80. The molecule has 1 aliphatic heterocycles. The Morgan fingerprint density at radius 2 is 2.00 bits per heavy atom. The van der Waals surface area contributed by atoms with E-state index in [1.54, 1.807) is 45.2 Å². The normalized spacial score (nSPS) is 15.5.